The Labute approximate surface area is 159 Å². The SMILES string of the molecule is Cc1cccc(NS(=O)(=O)c2ccc(C)c(NC(=O)c3ccccc3)c2)c1. The van der Waals surface area contributed by atoms with Gasteiger partial charge in [-0.2, -0.15) is 0 Å². The monoisotopic (exact) mass is 380 g/mol. The van der Waals surface area contributed by atoms with Crippen LogP contribution in [0, 0.1) is 13.8 Å². The Bertz CT molecular complexity index is 1080. The zero-order chi connectivity index (χ0) is 19.4. The van der Waals surface area contributed by atoms with Gasteiger partial charge >= 0.3 is 0 Å². The van der Waals surface area contributed by atoms with Crippen molar-refractivity contribution in [3.05, 3.63) is 89.5 Å². The van der Waals surface area contributed by atoms with Crippen LogP contribution in [-0.4, -0.2) is 14.3 Å². The number of hydrogen-bond acceptors (Lipinski definition) is 3. The second-order valence-electron chi connectivity index (χ2n) is 6.27. The Morgan fingerprint density at radius 3 is 2.30 bits per heavy atom. The van der Waals surface area contributed by atoms with Crippen molar-refractivity contribution >= 4 is 27.3 Å². The van der Waals surface area contributed by atoms with Crippen molar-refractivity contribution in [2.24, 2.45) is 0 Å². The van der Waals surface area contributed by atoms with E-state index in [-0.39, 0.29) is 10.8 Å². The van der Waals surface area contributed by atoms with Crippen LogP contribution in [0.4, 0.5) is 11.4 Å². The van der Waals surface area contributed by atoms with Crippen LogP contribution in [-0.2, 0) is 10.0 Å². The van der Waals surface area contributed by atoms with Crippen LogP contribution in [0.1, 0.15) is 21.5 Å². The lowest BCUT2D eigenvalue weighted by Crippen LogP contribution is -2.16. The third-order valence-corrected chi connectivity index (χ3v) is 5.45. The van der Waals surface area contributed by atoms with Gasteiger partial charge in [-0.15, -0.1) is 0 Å². The van der Waals surface area contributed by atoms with Gasteiger partial charge in [-0.3, -0.25) is 9.52 Å². The first-order chi connectivity index (χ1) is 12.8. The number of aryl methyl sites for hydroxylation is 2. The first-order valence-electron chi connectivity index (χ1n) is 8.42. The van der Waals surface area contributed by atoms with Gasteiger partial charge in [0.2, 0.25) is 0 Å². The van der Waals surface area contributed by atoms with Gasteiger partial charge < -0.3 is 5.32 Å². The second kappa shape index (κ2) is 7.63. The average Bonchev–Trinajstić information content (AvgIpc) is 2.63. The standard InChI is InChI=1S/C21H20N2O3S/c1-15-7-6-10-18(13-15)23-27(25,26)19-12-11-16(2)20(14-19)22-21(24)17-8-4-3-5-9-17/h3-14,23H,1-2H3,(H,22,24). The van der Waals surface area contributed by atoms with Gasteiger partial charge in [0, 0.05) is 16.9 Å². The van der Waals surface area contributed by atoms with E-state index in [9.17, 15) is 13.2 Å². The van der Waals surface area contributed by atoms with E-state index < -0.39 is 10.0 Å². The molecule has 0 atom stereocenters. The minimum absolute atomic E-state index is 0.0815. The van der Waals surface area contributed by atoms with Crippen LogP contribution < -0.4 is 10.0 Å². The zero-order valence-electron chi connectivity index (χ0n) is 15.1. The summed E-state index contributed by atoms with van der Waals surface area (Å²) in [6.07, 6.45) is 0. The maximum Gasteiger partial charge on any atom is 0.261 e. The fourth-order valence-electron chi connectivity index (χ4n) is 2.61. The molecule has 2 N–H and O–H groups in total. The lowest BCUT2D eigenvalue weighted by atomic mass is 10.1. The summed E-state index contributed by atoms with van der Waals surface area (Å²) in [5.41, 5.74) is 3.17. The van der Waals surface area contributed by atoms with E-state index in [1.165, 1.54) is 12.1 Å². The Kier molecular flexibility index (Phi) is 5.28. The third kappa shape index (κ3) is 4.54. The maximum atomic E-state index is 12.7. The van der Waals surface area contributed by atoms with E-state index in [2.05, 4.69) is 10.0 Å². The number of carbonyl (C=O) groups is 1. The summed E-state index contributed by atoms with van der Waals surface area (Å²) in [7, 11) is -3.77. The van der Waals surface area contributed by atoms with E-state index in [1.807, 2.05) is 26.0 Å². The van der Waals surface area contributed by atoms with Crippen LogP contribution in [0.2, 0.25) is 0 Å². The Morgan fingerprint density at radius 1 is 0.852 bits per heavy atom. The van der Waals surface area contributed by atoms with E-state index in [0.717, 1.165) is 11.1 Å². The summed E-state index contributed by atoms with van der Waals surface area (Å²) in [5, 5.41) is 2.78. The molecule has 0 fully saturated rings. The number of anilines is 2. The molecule has 0 aromatic heterocycles. The molecule has 6 heteroatoms. The van der Waals surface area contributed by atoms with Crippen LogP contribution in [0.25, 0.3) is 0 Å². The molecule has 138 valence electrons. The van der Waals surface area contributed by atoms with Gasteiger partial charge in [0.05, 0.1) is 4.90 Å². The molecular weight excluding hydrogens is 360 g/mol. The molecule has 0 heterocycles. The highest BCUT2D eigenvalue weighted by molar-refractivity contribution is 7.92. The Hall–Kier alpha value is -3.12. The van der Waals surface area contributed by atoms with Gasteiger partial charge in [-0.05, 0) is 61.4 Å². The third-order valence-electron chi connectivity index (χ3n) is 4.07. The van der Waals surface area contributed by atoms with Crippen LogP contribution in [0.3, 0.4) is 0 Å². The Morgan fingerprint density at radius 2 is 1.59 bits per heavy atom. The first kappa shape index (κ1) is 18.7. The minimum Gasteiger partial charge on any atom is -0.322 e. The molecule has 1 amide bonds. The van der Waals surface area contributed by atoms with E-state index >= 15 is 0 Å². The van der Waals surface area contributed by atoms with E-state index in [1.54, 1.807) is 48.5 Å². The second-order valence-corrected chi connectivity index (χ2v) is 7.95. The highest BCUT2D eigenvalue weighted by atomic mass is 32.2. The van der Waals surface area contributed by atoms with Crippen molar-refractivity contribution in [3.63, 3.8) is 0 Å². The lowest BCUT2D eigenvalue weighted by molar-refractivity contribution is 0.102. The number of hydrogen-bond donors (Lipinski definition) is 2. The van der Waals surface area contributed by atoms with Gasteiger partial charge in [-0.1, -0.05) is 36.4 Å². The van der Waals surface area contributed by atoms with E-state index in [4.69, 9.17) is 0 Å². The number of carbonyl (C=O) groups excluding carboxylic acids is 1. The van der Waals surface area contributed by atoms with Gasteiger partial charge in [0.1, 0.15) is 0 Å². The highest BCUT2D eigenvalue weighted by Crippen LogP contribution is 2.23. The summed E-state index contributed by atoms with van der Waals surface area (Å²) in [5.74, 6) is -0.292. The quantitative estimate of drug-likeness (QED) is 0.691. The highest BCUT2D eigenvalue weighted by Gasteiger charge is 2.17. The normalized spacial score (nSPS) is 11.0. The molecule has 3 rings (SSSR count). The molecule has 27 heavy (non-hydrogen) atoms. The Balaban J connectivity index is 1.87. The molecule has 0 saturated carbocycles. The van der Waals surface area contributed by atoms with Crippen LogP contribution in [0.5, 0.6) is 0 Å². The fourth-order valence-corrected chi connectivity index (χ4v) is 3.68. The molecule has 0 radical (unpaired) electrons. The van der Waals surface area contributed by atoms with Crippen LogP contribution >= 0.6 is 0 Å². The molecule has 0 aliphatic carbocycles. The van der Waals surface area contributed by atoms with E-state index in [0.29, 0.717) is 16.9 Å². The lowest BCUT2D eigenvalue weighted by Gasteiger charge is -2.13. The topological polar surface area (TPSA) is 75.3 Å². The summed E-state index contributed by atoms with van der Waals surface area (Å²) in [4.78, 5) is 12.5. The molecule has 3 aromatic carbocycles. The number of amides is 1. The average molecular weight is 380 g/mol. The maximum absolute atomic E-state index is 12.7. The van der Waals surface area contributed by atoms with Gasteiger partial charge in [0.25, 0.3) is 15.9 Å². The van der Waals surface area contributed by atoms with Crippen LogP contribution in [0.15, 0.2) is 77.7 Å². The fraction of sp³-hybridized carbons (Fsp3) is 0.0952. The molecule has 3 aromatic rings. The number of nitrogens with one attached hydrogen (secondary N) is 2. The molecule has 0 aliphatic rings. The van der Waals surface area contributed by atoms with Gasteiger partial charge in [-0.25, -0.2) is 8.42 Å². The zero-order valence-corrected chi connectivity index (χ0v) is 15.9. The van der Waals surface area contributed by atoms with Crippen molar-refractivity contribution < 1.29 is 13.2 Å². The number of rotatable bonds is 5. The number of sulfonamides is 1. The molecule has 0 aliphatic heterocycles. The van der Waals surface area contributed by atoms with Crippen molar-refractivity contribution in [3.8, 4) is 0 Å². The summed E-state index contributed by atoms with van der Waals surface area (Å²) in [6, 6.07) is 20.5. The number of benzene rings is 3. The molecule has 0 saturated heterocycles. The summed E-state index contributed by atoms with van der Waals surface area (Å²) < 4.78 is 28.0. The van der Waals surface area contributed by atoms with Gasteiger partial charge in [0.15, 0.2) is 0 Å². The minimum atomic E-state index is -3.77. The van der Waals surface area contributed by atoms with Crippen molar-refractivity contribution in [1.82, 2.24) is 0 Å². The molecule has 0 unspecified atom stereocenters. The molecule has 0 spiro atoms. The molecule has 0 bridgehead atoms. The summed E-state index contributed by atoms with van der Waals surface area (Å²) in [6.45, 7) is 3.70. The predicted octanol–water partition coefficient (Wildman–Crippen LogP) is 4.36. The van der Waals surface area contributed by atoms with Crippen molar-refractivity contribution in [2.75, 3.05) is 10.0 Å². The van der Waals surface area contributed by atoms with Crippen molar-refractivity contribution in [2.45, 2.75) is 18.7 Å². The smallest absolute Gasteiger partial charge is 0.261 e. The van der Waals surface area contributed by atoms with Crippen molar-refractivity contribution in [1.29, 1.82) is 0 Å². The molecular formula is C21H20N2O3S. The predicted molar refractivity (Wildman–Crippen MR) is 108 cm³/mol. The molecule has 5 nitrogen and oxygen atoms in total. The largest absolute Gasteiger partial charge is 0.322 e. The first-order valence-corrected chi connectivity index (χ1v) is 9.90. The summed E-state index contributed by atoms with van der Waals surface area (Å²) >= 11 is 0.